The van der Waals surface area contributed by atoms with Crippen molar-refractivity contribution in [1.82, 2.24) is 4.31 Å². The lowest BCUT2D eigenvalue weighted by Crippen LogP contribution is -2.45. The van der Waals surface area contributed by atoms with Crippen molar-refractivity contribution in [2.24, 2.45) is 11.7 Å². The van der Waals surface area contributed by atoms with Crippen LogP contribution in [0.5, 0.6) is 0 Å². The second kappa shape index (κ2) is 7.59. The van der Waals surface area contributed by atoms with Gasteiger partial charge < -0.3 is 5.73 Å². The van der Waals surface area contributed by atoms with E-state index < -0.39 is 21.8 Å². The van der Waals surface area contributed by atoms with Gasteiger partial charge in [0.2, 0.25) is 10.0 Å². The summed E-state index contributed by atoms with van der Waals surface area (Å²) in [6, 6.07) is 2.61. The first-order valence-corrected chi connectivity index (χ1v) is 8.91. The van der Waals surface area contributed by atoms with Crippen LogP contribution in [0.15, 0.2) is 23.1 Å². The van der Waals surface area contributed by atoms with E-state index in [4.69, 9.17) is 5.73 Å². The Morgan fingerprint density at radius 1 is 1.33 bits per heavy atom. The fourth-order valence-electron chi connectivity index (χ4n) is 2.88. The Balaban J connectivity index is 0.00000288. The number of benzene rings is 1. The molecule has 9 heteroatoms. The maximum atomic E-state index is 12.7. The van der Waals surface area contributed by atoms with E-state index in [0.29, 0.717) is 19.5 Å². The Hall–Kier alpha value is -0.830. The van der Waals surface area contributed by atoms with Crippen molar-refractivity contribution in [3.05, 3.63) is 29.3 Å². The lowest BCUT2D eigenvalue weighted by Gasteiger charge is -2.34. The second-order valence-corrected chi connectivity index (χ2v) is 8.01. The smallest absolute Gasteiger partial charge is 0.328 e. The zero-order valence-electron chi connectivity index (χ0n) is 13.5. The minimum Gasteiger partial charge on any atom is -0.328 e. The standard InChI is InChI=1S/C15H21F3N2O2S.ClH/c1-10-8-13(15(16,17)18)5-6-14(10)23(21,22)20-7-3-4-12(9-20)11(2)19;/h5-6,8,11-12H,3-4,7,9,19H2,1-2H3;1H. The number of nitrogens with two attached hydrogens (primary N) is 1. The molecule has 0 aliphatic carbocycles. The van der Waals surface area contributed by atoms with Crippen LogP contribution in [-0.2, 0) is 16.2 Å². The van der Waals surface area contributed by atoms with E-state index in [1.807, 2.05) is 6.92 Å². The Morgan fingerprint density at radius 2 is 1.96 bits per heavy atom. The van der Waals surface area contributed by atoms with Gasteiger partial charge in [-0.1, -0.05) is 0 Å². The first-order chi connectivity index (χ1) is 10.5. The van der Waals surface area contributed by atoms with Gasteiger partial charge in [-0.15, -0.1) is 12.4 Å². The average Bonchev–Trinajstić information content (AvgIpc) is 2.46. The number of hydrogen-bond donors (Lipinski definition) is 1. The molecule has 0 saturated carbocycles. The second-order valence-electron chi connectivity index (χ2n) is 6.10. The zero-order chi connectivity index (χ0) is 17.4. The largest absolute Gasteiger partial charge is 0.416 e. The van der Waals surface area contributed by atoms with Gasteiger partial charge in [0.25, 0.3) is 0 Å². The summed E-state index contributed by atoms with van der Waals surface area (Å²) in [7, 11) is -3.81. The third kappa shape index (κ3) is 4.41. The molecule has 0 bridgehead atoms. The number of piperidine rings is 1. The molecule has 2 unspecified atom stereocenters. The minimum atomic E-state index is -4.49. The summed E-state index contributed by atoms with van der Waals surface area (Å²) in [6.45, 7) is 3.89. The van der Waals surface area contributed by atoms with Crippen LogP contribution in [0.1, 0.15) is 30.9 Å². The molecule has 138 valence electrons. The fourth-order valence-corrected chi connectivity index (χ4v) is 4.62. The molecule has 1 fully saturated rings. The van der Waals surface area contributed by atoms with Gasteiger partial charge in [-0.05, 0) is 56.4 Å². The minimum absolute atomic E-state index is 0. The molecule has 0 radical (unpaired) electrons. The Kier molecular flexibility index (Phi) is 6.71. The predicted octanol–water partition coefficient (Wildman–Crippen LogP) is 3.18. The summed E-state index contributed by atoms with van der Waals surface area (Å²) in [6.07, 6.45) is -2.93. The highest BCUT2D eigenvalue weighted by molar-refractivity contribution is 7.89. The highest BCUT2D eigenvalue weighted by atomic mass is 35.5. The van der Waals surface area contributed by atoms with Gasteiger partial charge >= 0.3 is 6.18 Å². The van der Waals surface area contributed by atoms with Gasteiger partial charge in [0.15, 0.2) is 0 Å². The summed E-state index contributed by atoms with van der Waals surface area (Å²) in [5.41, 5.74) is 5.12. The van der Waals surface area contributed by atoms with Gasteiger partial charge in [0.05, 0.1) is 10.5 Å². The fraction of sp³-hybridized carbons (Fsp3) is 0.600. The normalized spacial score (nSPS) is 21.2. The van der Waals surface area contributed by atoms with Crippen molar-refractivity contribution in [3.8, 4) is 0 Å². The molecular weight excluding hydrogens is 365 g/mol. The van der Waals surface area contributed by atoms with Crippen LogP contribution in [0, 0.1) is 12.8 Å². The average molecular weight is 387 g/mol. The van der Waals surface area contributed by atoms with Crippen molar-refractivity contribution in [1.29, 1.82) is 0 Å². The molecule has 1 saturated heterocycles. The number of halogens is 4. The summed E-state index contributed by atoms with van der Waals surface area (Å²) < 4.78 is 65.0. The third-order valence-electron chi connectivity index (χ3n) is 4.28. The first-order valence-electron chi connectivity index (χ1n) is 7.47. The summed E-state index contributed by atoms with van der Waals surface area (Å²) in [5.74, 6) is 0.0632. The zero-order valence-corrected chi connectivity index (χ0v) is 15.1. The highest BCUT2D eigenvalue weighted by Gasteiger charge is 2.35. The van der Waals surface area contributed by atoms with E-state index in [1.165, 1.54) is 11.2 Å². The molecule has 0 spiro atoms. The quantitative estimate of drug-likeness (QED) is 0.867. The van der Waals surface area contributed by atoms with Crippen LogP contribution in [0.4, 0.5) is 13.2 Å². The Labute approximate surface area is 146 Å². The van der Waals surface area contributed by atoms with Crippen molar-refractivity contribution in [2.45, 2.75) is 43.8 Å². The molecule has 24 heavy (non-hydrogen) atoms. The first kappa shape index (κ1) is 21.2. The molecule has 1 aliphatic rings. The molecule has 1 aromatic carbocycles. The van der Waals surface area contributed by atoms with Crippen molar-refractivity contribution in [2.75, 3.05) is 13.1 Å². The van der Waals surface area contributed by atoms with Crippen LogP contribution in [-0.4, -0.2) is 31.9 Å². The van der Waals surface area contributed by atoms with Gasteiger partial charge in [0.1, 0.15) is 0 Å². The van der Waals surface area contributed by atoms with E-state index >= 15 is 0 Å². The van der Waals surface area contributed by atoms with E-state index in [9.17, 15) is 21.6 Å². The SMILES string of the molecule is Cc1cc(C(F)(F)F)ccc1S(=O)(=O)N1CCCC(C(C)N)C1.Cl. The number of sulfonamides is 1. The molecule has 0 aromatic heterocycles. The van der Waals surface area contributed by atoms with E-state index in [-0.39, 0.29) is 34.8 Å². The number of alkyl halides is 3. The molecule has 2 N–H and O–H groups in total. The van der Waals surface area contributed by atoms with Gasteiger partial charge in [-0.3, -0.25) is 0 Å². The predicted molar refractivity (Wildman–Crippen MR) is 88.6 cm³/mol. The van der Waals surface area contributed by atoms with Crippen molar-refractivity contribution in [3.63, 3.8) is 0 Å². The number of hydrogen-bond acceptors (Lipinski definition) is 3. The molecule has 0 amide bonds. The molecule has 1 heterocycles. The monoisotopic (exact) mass is 386 g/mol. The summed E-state index contributed by atoms with van der Waals surface area (Å²) >= 11 is 0. The van der Waals surface area contributed by atoms with E-state index in [1.54, 1.807) is 0 Å². The summed E-state index contributed by atoms with van der Waals surface area (Å²) in [4.78, 5) is -0.0733. The van der Waals surface area contributed by atoms with Crippen molar-refractivity contribution < 1.29 is 21.6 Å². The molecule has 4 nitrogen and oxygen atoms in total. The molecule has 2 rings (SSSR count). The number of aryl methyl sites for hydroxylation is 1. The van der Waals surface area contributed by atoms with Crippen LogP contribution < -0.4 is 5.73 Å². The van der Waals surface area contributed by atoms with E-state index in [0.717, 1.165) is 24.6 Å². The number of rotatable bonds is 3. The topological polar surface area (TPSA) is 63.4 Å². The third-order valence-corrected chi connectivity index (χ3v) is 6.31. The van der Waals surface area contributed by atoms with Crippen molar-refractivity contribution >= 4 is 22.4 Å². The number of nitrogens with zero attached hydrogens (tertiary/aromatic N) is 1. The highest BCUT2D eigenvalue weighted by Crippen LogP contribution is 2.33. The van der Waals surface area contributed by atoms with Gasteiger partial charge in [-0.25, -0.2) is 8.42 Å². The molecule has 2 atom stereocenters. The molecule has 1 aromatic rings. The van der Waals surface area contributed by atoms with Crippen LogP contribution in [0.2, 0.25) is 0 Å². The lowest BCUT2D eigenvalue weighted by atomic mass is 9.93. The molecular formula is C15H22ClF3N2O2S. The van der Waals surface area contributed by atoms with Gasteiger partial charge in [-0.2, -0.15) is 17.5 Å². The van der Waals surface area contributed by atoms with Crippen LogP contribution >= 0.6 is 12.4 Å². The lowest BCUT2D eigenvalue weighted by molar-refractivity contribution is -0.137. The van der Waals surface area contributed by atoms with Crippen LogP contribution in [0.3, 0.4) is 0 Å². The summed E-state index contributed by atoms with van der Waals surface area (Å²) in [5, 5.41) is 0. The maximum Gasteiger partial charge on any atom is 0.416 e. The Morgan fingerprint density at radius 3 is 2.46 bits per heavy atom. The molecule has 1 aliphatic heterocycles. The maximum absolute atomic E-state index is 12.7. The van der Waals surface area contributed by atoms with Crippen LogP contribution in [0.25, 0.3) is 0 Å². The van der Waals surface area contributed by atoms with E-state index in [2.05, 4.69) is 0 Å². The Bertz CT molecular complexity index is 678. The van der Waals surface area contributed by atoms with Gasteiger partial charge in [0, 0.05) is 19.1 Å².